The number of hydrogen-bond acceptors (Lipinski definition) is 1. The topological polar surface area (TPSA) is 29.1 Å². The lowest BCUT2D eigenvalue weighted by Gasteiger charge is -2.29. The van der Waals surface area contributed by atoms with Crippen molar-refractivity contribution in [3.63, 3.8) is 0 Å². The highest BCUT2D eigenvalue weighted by Crippen LogP contribution is 2.41. The van der Waals surface area contributed by atoms with Gasteiger partial charge in [0.2, 0.25) is 5.91 Å². The summed E-state index contributed by atoms with van der Waals surface area (Å²) < 4.78 is 0. The lowest BCUT2D eigenvalue weighted by Crippen LogP contribution is -2.33. The smallest absolute Gasteiger partial charge is 0.226 e. The molecule has 1 aliphatic carbocycles. The van der Waals surface area contributed by atoms with Crippen LogP contribution in [0.2, 0.25) is 0 Å². The van der Waals surface area contributed by atoms with E-state index >= 15 is 0 Å². The third-order valence-electron chi connectivity index (χ3n) is 3.02. The van der Waals surface area contributed by atoms with E-state index < -0.39 is 0 Å². The molecule has 1 spiro atoms. The van der Waals surface area contributed by atoms with Crippen LogP contribution < -0.4 is 5.32 Å². The molecule has 1 saturated carbocycles. The van der Waals surface area contributed by atoms with E-state index in [9.17, 15) is 4.79 Å². The Hall–Kier alpha value is -0.530. The van der Waals surface area contributed by atoms with Gasteiger partial charge in [0.25, 0.3) is 0 Å². The Morgan fingerprint density at radius 2 is 2.00 bits per heavy atom. The maximum Gasteiger partial charge on any atom is 0.226 e. The van der Waals surface area contributed by atoms with Gasteiger partial charge in [-0.05, 0) is 38.5 Å². The highest BCUT2D eigenvalue weighted by Gasteiger charge is 2.42. The maximum atomic E-state index is 11.4. The molecule has 1 saturated heterocycles. The van der Waals surface area contributed by atoms with Crippen LogP contribution in [0.3, 0.4) is 0 Å². The van der Waals surface area contributed by atoms with E-state index in [0.29, 0.717) is 5.91 Å². The van der Waals surface area contributed by atoms with Crippen LogP contribution in [0.15, 0.2) is 0 Å². The Morgan fingerprint density at radius 1 is 1.27 bits per heavy atom. The fourth-order valence-corrected chi connectivity index (χ4v) is 2.22. The molecular formula is C9H14NO. The van der Waals surface area contributed by atoms with Gasteiger partial charge in [-0.1, -0.05) is 0 Å². The van der Waals surface area contributed by atoms with Crippen LogP contribution in [-0.2, 0) is 4.79 Å². The minimum atomic E-state index is 0.0503. The number of amides is 1. The summed E-state index contributed by atoms with van der Waals surface area (Å²) in [4.78, 5) is 11.4. The van der Waals surface area contributed by atoms with Crippen LogP contribution in [-0.4, -0.2) is 12.5 Å². The van der Waals surface area contributed by atoms with Crippen molar-refractivity contribution in [1.29, 1.82) is 0 Å². The summed E-state index contributed by atoms with van der Waals surface area (Å²) in [6.07, 6.45) is 7.80. The number of rotatable bonds is 0. The fourth-order valence-electron chi connectivity index (χ4n) is 2.22. The molecule has 2 heteroatoms. The molecule has 1 amide bonds. The predicted molar refractivity (Wildman–Crippen MR) is 42.8 cm³/mol. The van der Waals surface area contributed by atoms with Gasteiger partial charge in [-0.3, -0.25) is 4.79 Å². The van der Waals surface area contributed by atoms with Gasteiger partial charge in [0, 0.05) is 6.54 Å². The molecule has 0 aromatic carbocycles. The van der Waals surface area contributed by atoms with Crippen molar-refractivity contribution < 1.29 is 4.79 Å². The molecule has 0 bridgehead atoms. The Balaban J connectivity index is 2.12. The van der Waals surface area contributed by atoms with E-state index in [1.807, 2.05) is 0 Å². The first-order chi connectivity index (χ1) is 5.33. The van der Waals surface area contributed by atoms with Gasteiger partial charge < -0.3 is 5.32 Å². The molecule has 1 aliphatic heterocycles. The molecular weight excluding hydrogens is 138 g/mol. The Labute approximate surface area is 67.4 Å². The molecule has 0 aromatic rings. The van der Waals surface area contributed by atoms with E-state index in [1.165, 1.54) is 0 Å². The summed E-state index contributed by atoms with van der Waals surface area (Å²) in [5, 5.41) is 2.93. The van der Waals surface area contributed by atoms with Crippen molar-refractivity contribution in [1.82, 2.24) is 5.32 Å². The van der Waals surface area contributed by atoms with Crippen LogP contribution in [0.25, 0.3) is 0 Å². The molecule has 1 radical (unpaired) electrons. The molecule has 0 atom stereocenters. The molecule has 1 N–H and O–H groups in total. The number of carbonyl (C=O) groups is 1. The van der Waals surface area contributed by atoms with Gasteiger partial charge in [0.05, 0.1) is 5.41 Å². The summed E-state index contributed by atoms with van der Waals surface area (Å²) in [5.41, 5.74) is 0.0503. The number of carbonyl (C=O) groups excluding carboxylic acids is 1. The van der Waals surface area contributed by atoms with Crippen LogP contribution in [0.1, 0.15) is 32.1 Å². The van der Waals surface area contributed by atoms with Gasteiger partial charge >= 0.3 is 0 Å². The normalized spacial score (nSPS) is 28.9. The molecule has 0 aromatic heterocycles. The van der Waals surface area contributed by atoms with E-state index in [1.54, 1.807) is 0 Å². The first kappa shape index (κ1) is 7.14. The minimum absolute atomic E-state index is 0.0503. The Kier molecular flexibility index (Phi) is 1.63. The quantitative estimate of drug-likeness (QED) is 0.556. The molecule has 11 heavy (non-hydrogen) atoms. The minimum Gasteiger partial charge on any atom is -0.356 e. The molecule has 0 unspecified atom stereocenters. The average Bonchev–Trinajstić information content (AvgIpc) is 2.36. The molecule has 2 fully saturated rings. The van der Waals surface area contributed by atoms with Crippen LogP contribution in [0.4, 0.5) is 0 Å². The van der Waals surface area contributed by atoms with Crippen molar-refractivity contribution >= 4 is 5.91 Å². The highest BCUT2D eigenvalue weighted by molar-refractivity contribution is 5.84. The second kappa shape index (κ2) is 2.50. The van der Waals surface area contributed by atoms with Gasteiger partial charge in [-0.25, -0.2) is 0 Å². The molecule has 2 rings (SSSR count). The molecule has 61 valence electrons. The summed E-state index contributed by atoms with van der Waals surface area (Å²) >= 11 is 0. The summed E-state index contributed by atoms with van der Waals surface area (Å²) in [6.45, 7) is 0.902. The first-order valence-corrected chi connectivity index (χ1v) is 4.43. The second-order valence-corrected chi connectivity index (χ2v) is 3.65. The first-order valence-electron chi connectivity index (χ1n) is 4.43. The standard InChI is InChI=1S/C9H14NO/c11-8-9(6-7-10-8)4-2-1-3-5-9/h1H,2-7H2,(H,10,11). The third-order valence-corrected chi connectivity index (χ3v) is 3.02. The molecule has 2 aliphatic rings. The van der Waals surface area contributed by atoms with Crippen molar-refractivity contribution in [2.75, 3.05) is 6.54 Å². The van der Waals surface area contributed by atoms with Gasteiger partial charge in [0.15, 0.2) is 0 Å². The van der Waals surface area contributed by atoms with Crippen LogP contribution in [0.5, 0.6) is 0 Å². The Morgan fingerprint density at radius 3 is 2.55 bits per heavy atom. The van der Waals surface area contributed by atoms with Crippen LogP contribution >= 0.6 is 0 Å². The van der Waals surface area contributed by atoms with Crippen LogP contribution in [0, 0.1) is 11.8 Å². The lowest BCUT2D eigenvalue weighted by molar-refractivity contribution is -0.128. The lowest BCUT2D eigenvalue weighted by atomic mass is 9.73. The van der Waals surface area contributed by atoms with E-state index in [-0.39, 0.29) is 5.41 Å². The van der Waals surface area contributed by atoms with E-state index in [4.69, 9.17) is 0 Å². The fraction of sp³-hybridized carbons (Fsp3) is 0.778. The average molecular weight is 152 g/mol. The maximum absolute atomic E-state index is 11.4. The summed E-state index contributed by atoms with van der Waals surface area (Å²) in [6, 6.07) is 0. The summed E-state index contributed by atoms with van der Waals surface area (Å²) in [7, 11) is 0. The zero-order chi connectivity index (χ0) is 7.73. The second-order valence-electron chi connectivity index (χ2n) is 3.65. The molecule has 1 heterocycles. The number of hydrogen-bond donors (Lipinski definition) is 1. The van der Waals surface area contributed by atoms with E-state index in [2.05, 4.69) is 11.7 Å². The summed E-state index contributed by atoms with van der Waals surface area (Å²) in [5.74, 6) is 0.311. The van der Waals surface area contributed by atoms with Crippen molar-refractivity contribution in [2.24, 2.45) is 5.41 Å². The highest BCUT2D eigenvalue weighted by atomic mass is 16.2. The monoisotopic (exact) mass is 152 g/mol. The van der Waals surface area contributed by atoms with Crippen molar-refractivity contribution in [3.8, 4) is 0 Å². The molecule has 2 nitrogen and oxygen atoms in total. The van der Waals surface area contributed by atoms with E-state index in [0.717, 1.165) is 38.6 Å². The van der Waals surface area contributed by atoms with Crippen molar-refractivity contribution in [3.05, 3.63) is 6.42 Å². The predicted octanol–water partition coefficient (Wildman–Crippen LogP) is 1.27. The van der Waals surface area contributed by atoms with Gasteiger partial charge in [-0.2, -0.15) is 0 Å². The largest absolute Gasteiger partial charge is 0.356 e. The number of nitrogens with one attached hydrogen (secondary N) is 1. The SMILES string of the molecule is O=C1NCCC12CC[CH]CC2. The zero-order valence-electron chi connectivity index (χ0n) is 6.73. The van der Waals surface area contributed by atoms with Gasteiger partial charge in [0.1, 0.15) is 0 Å². The third kappa shape index (κ3) is 1.05. The van der Waals surface area contributed by atoms with Crippen molar-refractivity contribution in [2.45, 2.75) is 32.1 Å². The zero-order valence-corrected chi connectivity index (χ0v) is 6.73. The Bertz CT molecular complexity index is 170. The van der Waals surface area contributed by atoms with Gasteiger partial charge in [-0.15, -0.1) is 0 Å².